The summed E-state index contributed by atoms with van der Waals surface area (Å²) >= 11 is 0. The summed E-state index contributed by atoms with van der Waals surface area (Å²) in [6.07, 6.45) is 0. The molecule has 3 rings (SSSR count). The molecule has 0 aromatic heterocycles. The normalized spacial score (nSPS) is 21.0. The number of hydrogen-bond acceptors (Lipinski definition) is 3. The standard InChI is InChI=1S/C18H19NO3S/c1-22-16-9-5-8-15(12-16)18(20)19-10-11-23(21)13-17(19)14-6-3-2-4-7-14/h2-9,12,17H,10-11,13H2,1H3/t17-,23+/m1/s1. The zero-order valence-corrected chi connectivity index (χ0v) is 13.8. The van der Waals surface area contributed by atoms with Gasteiger partial charge in [-0.1, -0.05) is 36.4 Å². The van der Waals surface area contributed by atoms with Crippen LogP contribution in [0.25, 0.3) is 0 Å². The molecule has 120 valence electrons. The molecule has 1 aliphatic heterocycles. The van der Waals surface area contributed by atoms with E-state index in [1.807, 2.05) is 47.4 Å². The van der Waals surface area contributed by atoms with Gasteiger partial charge >= 0.3 is 0 Å². The molecular formula is C18H19NO3S. The number of methoxy groups -OCH3 is 1. The van der Waals surface area contributed by atoms with Crippen molar-refractivity contribution in [2.75, 3.05) is 25.2 Å². The van der Waals surface area contributed by atoms with E-state index in [0.29, 0.717) is 29.4 Å². The van der Waals surface area contributed by atoms with Crippen molar-refractivity contribution in [3.8, 4) is 5.75 Å². The molecule has 5 heteroatoms. The molecule has 0 spiro atoms. The SMILES string of the molecule is COc1cccc(C(=O)N2CC[S@](=O)C[C@@H]2c2ccccc2)c1. The van der Waals surface area contributed by atoms with Crippen LogP contribution in [0.1, 0.15) is 22.0 Å². The number of ether oxygens (including phenoxy) is 1. The van der Waals surface area contributed by atoms with Gasteiger partial charge < -0.3 is 9.64 Å². The van der Waals surface area contributed by atoms with Crippen molar-refractivity contribution in [1.29, 1.82) is 0 Å². The van der Waals surface area contributed by atoms with Crippen LogP contribution in [0.2, 0.25) is 0 Å². The summed E-state index contributed by atoms with van der Waals surface area (Å²) in [5.41, 5.74) is 1.62. The first kappa shape index (κ1) is 15.7. The first-order valence-electron chi connectivity index (χ1n) is 7.54. The molecular weight excluding hydrogens is 310 g/mol. The Morgan fingerprint density at radius 3 is 2.70 bits per heavy atom. The van der Waals surface area contributed by atoms with E-state index in [1.54, 1.807) is 19.2 Å². The summed E-state index contributed by atoms with van der Waals surface area (Å²) in [6.45, 7) is 0.502. The molecule has 0 N–H and O–H groups in total. The van der Waals surface area contributed by atoms with Crippen LogP contribution in [0.3, 0.4) is 0 Å². The highest BCUT2D eigenvalue weighted by Crippen LogP contribution is 2.27. The summed E-state index contributed by atoms with van der Waals surface area (Å²) in [7, 11) is 0.695. The second kappa shape index (κ2) is 6.96. The molecule has 0 unspecified atom stereocenters. The zero-order valence-electron chi connectivity index (χ0n) is 13.0. The molecule has 0 aliphatic carbocycles. The third-order valence-corrected chi connectivity index (χ3v) is 5.37. The average Bonchev–Trinajstić information content (AvgIpc) is 2.62. The highest BCUT2D eigenvalue weighted by atomic mass is 32.2. The van der Waals surface area contributed by atoms with E-state index >= 15 is 0 Å². The van der Waals surface area contributed by atoms with Crippen molar-refractivity contribution < 1.29 is 13.7 Å². The third kappa shape index (κ3) is 3.45. The molecule has 2 aromatic carbocycles. The maximum Gasteiger partial charge on any atom is 0.254 e. The minimum Gasteiger partial charge on any atom is -0.497 e. The number of nitrogens with zero attached hydrogens (tertiary/aromatic N) is 1. The third-order valence-electron chi connectivity index (χ3n) is 4.04. The highest BCUT2D eigenvalue weighted by molar-refractivity contribution is 7.85. The van der Waals surface area contributed by atoms with Crippen LogP contribution in [0, 0.1) is 0 Å². The lowest BCUT2D eigenvalue weighted by Gasteiger charge is -2.35. The molecule has 1 saturated heterocycles. The summed E-state index contributed by atoms with van der Waals surface area (Å²) in [5, 5.41) is 0. The van der Waals surface area contributed by atoms with E-state index < -0.39 is 10.8 Å². The maximum absolute atomic E-state index is 12.9. The molecule has 1 aliphatic rings. The van der Waals surface area contributed by atoms with Crippen molar-refractivity contribution in [3.05, 3.63) is 65.7 Å². The summed E-state index contributed by atoms with van der Waals surface area (Å²) in [6, 6.07) is 16.8. The molecule has 1 fully saturated rings. The van der Waals surface area contributed by atoms with Crippen LogP contribution in [0.5, 0.6) is 5.75 Å². The Hall–Kier alpha value is -2.14. The topological polar surface area (TPSA) is 46.6 Å². The smallest absolute Gasteiger partial charge is 0.254 e. The molecule has 2 atom stereocenters. The number of amides is 1. The van der Waals surface area contributed by atoms with Crippen molar-refractivity contribution in [2.45, 2.75) is 6.04 Å². The first-order valence-corrected chi connectivity index (χ1v) is 9.03. The zero-order chi connectivity index (χ0) is 16.2. The number of rotatable bonds is 3. The minimum atomic E-state index is -0.889. The Kier molecular flexibility index (Phi) is 4.76. The van der Waals surface area contributed by atoms with E-state index in [0.717, 1.165) is 5.56 Å². The summed E-state index contributed by atoms with van der Waals surface area (Å²) in [5.74, 6) is 1.63. The minimum absolute atomic E-state index is 0.0468. The largest absolute Gasteiger partial charge is 0.497 e. The lowest BCUT2D eigenvalue weighted by Crippen LogP contribution is -2.44. The monoisotopic (exact) mass is 329 g/mol. The molecule has 0 radical (unpaired) electrons. The van der Waals surface area contributed by atoms with E-state index in [9.17, 15) is 9.00 Å². The van der Waals surface area contributed by atoms with Crippen molar-refractivity contribution in [2.24, 2.45) is 0 Å². The Morgan fingerprint density at radius 2 is 1.96 bits per heavy atom. The van der Waals surface area contributed by atoms with Crippen LogP contribution in [0.4, 0.5) is 0 Å². The average molecular weight is 329 g/mol. The van der Waals surface area contributed by atoms with Gasteiger partial charge in [0.2, 0.25) is 0 Å². The van der Waals surface area contributed by atoms with Gasteiger partial charge in [-0.25, -0.2) is 0 Å². The van der Waals surface area contributed by atoms with Gasteiger partial charge in [0.05, 0.1) is 13.2 Å². The van der Waals surface area contributed by atoms with Crippen LogP contribution < -0.4 is 4.74 Å². The van der Waals surface area contributed by atoms with E-state index in [2.05, 4.69) is 0 Å². The van der Waals surface area contributed by atoms with Gasteiger partial charge in [0.15, 0.2) is 0 Å². The molecule has 1 amide bonds. The van der Waals surface area contributed by atoms with Crippen LogP contribution in [-0.2, 0) is 10.8 Å². The summed E-state index contributed by atoms with van der Waals surface area (Å²) < 4.78 is 17.2. The number of benzene rings is 2. The molecule has 0 bridgehead atoms. The summed E-state index contributed by atoms with van der Waals surface area (Å²) in [4.78, 5) is 14.8. The van der Waals surface area contributed by atoms with Gasteiger partial charge in [-0.3, -0.25) is 9.00 Å². The quantitative estimate of drug-likeness (QED) is 0.870. The predicted molar refractivity (Wildman–Crippen MR) is 91.1 cm³/mol. The molecule has 0 saturated carbocycles. The highest BCUT2D eigenvalue weighted by Gasteiger charge is 2.31. The predicted octanol–water partition coefficient (Wildman–Crippen LogP) is 2.64. The van der Waals surface area contributed by atoms with Crippen molar-refractivity contribution in [1.82, 2.24) is 4.90 Å². The van der Waals surface area contributed by atoms with E-state index in [-0.39, 0.29) is 11.9 Å². The molecule has 23 heavy (non-hydrogen) atoms. The number of carbonyl (C=O) groups excluding carboxylic acids is 1. The Bertz CT molecular complexity index is 717. The van der Waals surface area contributed by atoms with Crippen LogP contribution >= 0.6 is 0 Å². The van der Waals surface area contributed by atoms with E-state index in [1.165, 1.54) is 0 Å². The van der Waals surface area contributed by atoms with Gasteiger partial charge in [-0.05, 0) is 23.8 Å². The van der Waals surface area contributed by atoms with Gasteiger partial charge in [0, 0.05) is 34.4 Å². The Morgan fingerprint density at radius 1 is 1.17 bits per heavy atom. The lowest BCUT2D eigenvalue weighted by atomic mass is 10.1. The maximum atomic E-state index is 12.9. The van der Waals surface area contributed by atoms with Crippen molar-refractivity contribution in [3.63, 3.8) is 0 Å². The van der Waals surface area contributed by atoms with Gasteiger partial charge in [-0.2, -0.15) is 0 Å². The van der Waals surface area contributed by atoms with Crippen LogP contribution in [-0.4, -0.2) is 40.2 Å². The first-order chi connectivity index (χ1) is 11.2. The fourth-order valence-corrected chi connectivity index (χ4v) is 4.11. The van der Waals surface area contributed by atoms with Crippen LogP contribution in [0.15, 0.2) is 54.6 Å². The molecule has 1 heterocycles. The molecule has 2 aromatic rings. The van der Waals surface area contributed by atoms with Gasteiger partial charge in [0.1, 0.15) is 5.75 Å². The second-order valence-corrected chi connectivity index (χ2v) is 7.09. The Balaban J connectivity index is 1.91. The fraction of sp³-hybridized carbons (Fsp3) is 0.278. The number of carbonyl (C=O) groups is 1. The second-order valence-electron chi connectivity index (χ2n) is 5.47. The van der Waals surface area contributed by atoms with Gasteiger partial charge in [-0.15, -0.1) is 0 Å². The Labute approximate surface area is 138 Å². The number of hydrogen-bond donors (Lipinski definition) is 0. The molecule has 4 nitrogen and oxygen atoms in total. The van der Waals surface area contributed by atoms with Gasteiger partial charge in [0.25, 0.3) is 5.91 Å². The van der Waals surface area contributed by atoms with Crippen molar-refractivity contribution >= 4 is 16.7 Å². The lowest BCUT2D eigenvalue weighted by molar-refractivity contribution is 0.0699. The van der Waals surface area contributed by atoms with E-state index in [4.69, 9.17) is 4.74 Å². The fourth-order valence-electron chi connectivity index (χ4n) is 2.82.